The van der Waals surface area contributed by atoms with E-state index in [1.165, 1.54) is 0 Å². The zero-order valence-electron chi connectivity index (χ0n) is 8.19. The van der Waals surface area contributed by atoms with E-state index >= 15 is 0 Å². The van der Waals surface area contributed by atoms with Gasteiger partial charge in [-0.25, -0.2) is 8.78 Å². The molecule has 6 heteroatoms. The average Bonchev–Trinajstić information content (AvgIpc) is 2.13. The molecule has 90 valence electrons. The molecule has 1 nitrogen and oxygen atoms in total. The first kappa shape index (κ1) is 12.9. The maximum atomic E-state index is 13.1. The molecule has 0 aliphatic heterocycles. The van der Waals surface area contributed by atoms with Gasteiger partial charge in [0, 0.05) is 24.1 Å². The van der Waals surface area contributed by atoms with Gasteiger partial charge in [0.2, 0.25) is 0 Å². The first-order chi connectivity index (χ1) is 7.29. The second-order valence-corrected chi connectivity index (χ2v) is 3.43. The molecule has 0 radical (unpaired) electrons. The number of rotatable bonds is 3. The fourth-order valence-corrected chi connectivity index (χ4v) is 1.28. The van der Waals surface area contributed by atoms with Crippen molar-refractivity contribution in [3.05, 3.63) is 35.4 Å². The molecule has 0 aromatic heterocycles. The molecule has 1 aromatic rings. The molecule has 1 atom stereocenters. The summed E-state index contributed by atoms with van der Waals surface area (Å²) in [7, 11) is 0. The number of nitrogens with two attached hydrogens (primary N) is 1. The van der Waals surface area contributed by atoms with Crippen LogP contribution in [0.1, 0.15) is 24.4 Å². The highest BCUT2D eigenvalue weighted by Gasteiger charge is 2.28. The number of benzene rings is 1. The lowest BCUT2D eigenvalue weighted by Gasteiger charge is -2.14. The van der Waals surface area contributed by atoms with Crippen LogP contribution in [0, 0.1) is 11.6 Å². The molecule has 1 aromatic carbocycles. The smallest absolute Gasteiger partial charge is 0.324 e. The van der Waals surface area contributed by atoms with E-state index in [1.54, 1.807) is 0 Å². The largest absolute Gasteiger partial charge is 0.389 e. The molecule has 0 amide bonds. The van der Waals surface area contributed by atoms with Crippen LogP contribution < -0.4 is 5.73 Å². The summed E-state index contributed by atoms with van der Waals surface area (Å²) in [6.45, 7) is 0. The summed E-state index contributed by atoms with van der Waals surface area (Å²) in [6, 6.07) is 1.54. The molecule has 0 aliphatic rings. The average molecular weight is 239 g/mol. The molecule has 16 heavy (non-hydrogen) atoms. The number of alkyl halides is 3. The summed E-state index contributed by atoms with van der Waals surface area (Å²) in [4.78, 5) is 0. The van der Waals surface area contributed by atoms with Crippen molar-refractivity contribution in [1.82, 2.24) is 0 Å². The highest BCUT2D eigenvalue weighted by Crippen LogP contribution is 2.27. The Morgan fingerprint density at radius 2 is 1.81 bits per heavy atom. The summed E-state index contributed by atoms with van der Waals surface area (Å²) in [5.74, 6) is -1.71. The fraction of sp³-hybridized carbons (Fsp3) is 0.400. The molecule has 0 heterocycles. The van der Waals surface area contributed by atoms with Crippen molar-refractivity contribution in [1.29, 1.82) is 0 Å². The number of halogens is 5. The van der Waals surface area contributed by atoms with Crippen LogP contribution >= 0.6 is 0 Å². The van der Waals surface area contributed by atoms with Crippen molar-refractivity contribution in [3.63, 3.8) is 0 Å². The first-order valence-corrected chi connectivity index (χ1v) is 4.57. The van der Waals surface area contributed by atoms with Crippen LogP contribution in [-0.4, -0.2) is 6.18 Å². The lowest BCUT2D eigenvalue weighted by atomic mass is 10.0. The van der Waals surface area contributed by atoms with E-state index in [9.17, 15) is 22.0 Å². The minimum atomic E-state index is -4.33. The summed E-state index contributed by atoms with van der Waals surface area (Å²) in [6.07, 6.45) is -5.84. The van der Waals surface area contributed by atoms with Crippen molar-refractivity contribution in [2.24, 2.45) is 5.73 Å². The standard InChI is InChI=1S/C10H10F5N/c11-6-1-2-7(8(12)5-6)9(16)3-4-10(13,14)15/h1-2,5,9H,3-4,16H2/t9-/m0/s1. The van der Waals surface area contributed by atoms with Crippen LogP contribution in [0.2, 0.25) is 0 Å². The molecular formula is C10H10F5N. The third-order valence-electron chi connectivity index (χ3n) is 2.10. The molecule has 1 rings (SSSR count). The molecule has 0 saturated heterocycles. The Balaban J connectivity index is 2.70. The number of hydrogen-bond donors (Lipinski definition) is 1. The normalized spacial score (nSPS) is 13.9. The van der Waals surface area contributed by atoms with Crippen LogP contribution in [0.25, 0.3) is 0 Å². The van der Waals surface area contributed by atoms with Gasteiger partial charge in [0.15, 0.2) is 0 Å². The van der Waals surface area contributed by atoms with Crippen LogP contribution in [-0.2, 0) is 0 Å². The third-order valence-corrected chi connectivity index (χ3v) is 2.10. The lowest BCUT2D eigenvalue weighted by Crippen LogP contribution is -2.17. The summed E-state index contributed by atoms with van der Waals surface area (Å²) >= 11 is 0. The van der Waals surface area contributed by atoms with E-state index in [1.807, 2.05) is 0 Å². The molecule has 0 saturated carbocycles. The van der Waals surface area contributed by atoms with Crippen LogP contribution in [0.4, 0.5) is 22.0 Å². The van der Waals surface area contributed by atoms with E-state index in [2.05, 4.69) is 0 Å². The Hall–Kier alpha value is -1.17. The Kier molecular flexibility index (Phi) is 3.85. The van der Waals surface area contributed by atoms with Crippen molar-refractivity contribution < 1.29 is 22.0 Å². The van der Waals surface area contributed by atoms with Gasteiger partial charge >= 0.3 is 6.18 Å². The van der Waals surface area contributed by atoms with Crippen molar-refractivity contribution in [2.45, 2.75) is 25.1 Å². The Morgan fingerprint density at radius 1 is 1.19 bits per heavy atom. The minimum absolute atomic E-state index is 0.106. The Bertz CT molecular complexity index is 361. The summed E-state index contributed by atoms with van der Waals surface area (Å²) in [5.41, 5.74) is 5.28. The zero-order valence-corrected chi connectivity index (χ0v) is 8.19. The van der Waals surface area contributed by atoms with Gasteiger partial charge in [-0.2, -0.15) is 13.2 Å². The van der Waals surface area contributed by atoms with Gasteiger partial charge in [-0.1, -0.05) is 6.07 Å². The Labute approximate surface area is 89.1 Å². The Morgan fingerprint density at radius 3 is 2.31 bits per heavy atom. The number of hydrogen-bond acceptors (Lipinski definition) is 1. The van der Waals surface area contributed by atoms with E-state index in [-0.39, 0.29) is 5.56 Å². The highest BCUT2D eigenvalue weighted by molar-refractivity contribution is 5.21. The van der Waals surface area contributed by atoms with Gasteiger partial charge in [-0.15, -0.1) is 0 Å². The first-order valence-electron chi connectivity index (χ1n) is 4.57. The van der Waals surface area contributed by atoms with Gasteiger partial charge in [-0.3, -0.25) is 0 Å². The fourth-order valence-electron chi connectivity index (χ4n) is 1.28. The molecule has 2 N–H and O–H groups in total. The van der Waals surface area contributed by atoms with Crippen LogP contribution in [0.5, 0.6) is 0 Å². The quantitative estimate of drug-likeness (QED) is 0.804. The minimum Gasteiger partial charge on any atom is -0.324 e. The van der Waals surface area contributed by atoms with Crippen molar-refractivity contribution in [3.8, 4) is 0 Å². The van der Waals surface area contributed by atoms with Gasteiger partial charge in [-0.05, 0) is 12.5 Å². The second-order valence-electron chi connectivity index (χ2n) is 3.43. The predicted molar refractivity (Wildman–Crippen MR) is 48.6 cm³/mol. The van der Waals surface area contributed by atoms with Gasteiger partial charge < -0.3 is 5.73 Å². The molecule has 0 bridgehead atoms. The molecular weight excluding hydrogens is 229 g/mol. The molecule has 0 fully saturated rings. The maximum absolute atomic E-state index is 13.1. The SMILES string of the molecule is N[C@@H](CCC(F)(F)F)c1ccc(F)cc1F. The van der Waals surface area contributed by atoms with Gasteiger partial charge in [0.1, 0.15) is 11.6 Å². The molecule has 0 unspecified atom stereocenters. The van der Waals surface area contributed by atoms with E-state index < -0.39 is 36.7 Å². The molecule has 0 aliphatic carbocycles. The van der Waals surface area contributed by atoms with E-state index in [0.29, 0.717) is 6.07 Å². The maximum Gasteiger partial charge on any atom is 0.389 e. The lowest BCUT2D eigenvalue weighted by molar-refractivity contribution is -0.136. The van der Waals surface area contributed by atoms with Gasteiger partial charge in [0.25, 0.3) is 0 Å². The third kappa shape index (κ3) is 3.77. The summed E-state index contributed by atoms with van der Waals surface area (Å²) < 4.78 is 61.3. The topological polar surface area (TPSA) is 26.0 Å². The van der Waals surface area contributed by atoms with Crippen molar-refractivity contribution in [2.75, 3.05) is 0 Å². The van der Waals surface area contributed by atoms with Crippen LogP contribution in [0.15, 0.2) is 18.2 Å². The second kappa shape index (κ2) is 4.78. The van der Waals surface area contributed by atoms with E-state index in [0.717, 1.165) is 12.1 Å². The van der Waals surface area contributed by atoms with E-state index in [4.69, 9.17) is 5.73 Å². The summed E-state index contributed by atoms with van der Waals surface area (Å²) in [5, 5.41) is 0. The highest BCUT2D eigenvalue weighted by atomic mass is 19.4. The predicted octanol–water partition coefficient (Wildman–Crippen LogP) is 3.31. The molecule has 0 spiro atoms. The monoisotopic (exact) mass is 239 g/mol. The van der Waals surface area contributed by atoms with Crippen molar-refractivity contribution >= 4 is 0 Å². The van der Waals surface area contributed by atoms with Crippen LogP contribution in [0.3, 0.4) is 0 Å². The van der Waals surface area contributed by atoms with Gasteiger partial charge in [0.05, 0.1) is 0 Å². The zero-order chi connectivity index (χ0) is 12.3.